The van der Waals surface area contributed by atoms with E-state index in [9.17, 15) is 13.6 Å². The fraction of sp³-hybridized carbons (Fsp3) is 0.222. The molecule has 0 saturated heterocycles. The molecule has 1 aliphatic rings. The minimum Gasteiger partial charge on any atom is -0.465 e. The first-order valence-electron chi connectivity index (χ1n) is 4.20. The number of rotatable bonds is 1. The summed E-state index contributed by atoms with van der Waals surface area (Å²) in [5, 5.41) is 0. The maximum Gasteiger partial charge on any atom is 0.586 e. The van der Waals surface area contributed by atoms with E-state index in [1.165, 1.54) is 0 Å². The van der Waals surface area contributed by atoms with Crippen LogP contribution < -0.4 is 15.2 Å². The average Bonchev–Trinajstić information content (AvgIpc) is 2.48. The Balaban J connectivity index is 2.45. The van der Waals surface area contributed by atoms with Crippen LogP contribution in [-0.2, 0) is 4.74 Å². The number of fused-ring (bicyclic) bond motifs is 1. The lowest BCUT2D eigenvalue weighted by atomic mass is 10.1. The summed E-state index contributed by atoms with van der Waals surface area (Å²) in [5.41, 5.74) is 5.40. The number of carbonyl (C=O) groups excluding carboxylic acids is 1. The molecule has 1 aromatic rings. The molecule has 0 atom stereocenters. The molecular weight excluding hydrogens is 224 g/mol. The van der Waals surface area contributed by atoms with Crippen LogP contribution in [0.4, 0.5) is 14.5 Å². The van der Waals surface area contributed by atoms with Gasteiger partial charge in [0, 0.05) is 12.1 Å². The number of ether oxygens (including phenoxy) is 3. The Bertz CT molecular complexity index is 461. The number of benzene rings is 1. The molecule has 0 unspecified atom stereocenters. The zero-order chi connectivity index (χ0) is 11.9. The monoisotopic (exact) mass is 231 g/mol. The van der Waals surface area contributed by atoms with Crippen LogP contribution in [0.2, 0.25) is 0 Å². The molecule has 7 heteroatoms. The summed E-state index contributed by atoms with van der Waals surface area (Å²) < 4.78 is 38.1. The molecule has 0 amide bonds. The third-order valence-corrected chi connectivity index (χ3v) is 1.98. The normalized spacial score (nSPS) is 15.9. The fourth-order valence-corrected chi connectivity index (χ4v) is 1.30. The zero-order valence-electron chi connectivity index (χ0n) is 8.12. The molecule has 0 radical (unpaired) electrons. The van der Waals surface area contributed by atoms with E-state index in [0.29, 0.717) is 0 Å². The van der Waals surface area contributed by atoms with Crippen molar-refractivity contribution in [3.05, 3.63) is 17.7 Å². The van der Waals surface area contributed by atoms with Gasteiger partial charge in [-0.05, 0) is 0 Å². The van der Waals surface area contributed by atoms with Crippen molar-refractivity contribution in [3.8, 4) is 11.5 Å². The van der Waals surface area contributed by atoms with Gasteiger partial charge in [0.15, 0.2) is 11.5 Å². The Labute approximate surface area is 88.7 Å². The van der Waals surface area contributed by atoms with Crippen molar-refractivity contribution < 1.29 is 27.8 Å². The predicted molar refractivity (Wildman–Crippen MR) is 48.4 cm³/mol. The van der Waals surface area contributed by atoms with Crippen LogP contribution in [0.1, 0.15) is 10.4 Å². The van der Waals surface area contributed by atoms with Gasteiger partial charge >= 0.3 is 12.3 Å². The Morgan fingerprint density at radius 3 is 2.50 bits per heavy atom. The highest BCUT2D eigenvalue weighted by atomic mass is 19.3. The number of nitrogens with two attached hydrogens (primary N) is 1. The number of esters is 1. The van der Waals surface area contributed by atoms with E-state index in [-0.39, 0.29) is 22.7 Å². The molecule has 0 bridgehead atoms. The average molecular weight is 231 g/mol. The number of anilines is 1. The van der Waals surface area contributed by atoms with Crippen LogP contribution in [0.3, 0.4) is 0 Å². The van der Waals surface area contributed by atoms with Crippen LogP contribution in [0.5, 0.6) is 11.5 Å². The number of nitrogen functional groups attached to an aromatic ring is 1. The summed E-state index contributed by atoms with van der Waals surface area (Å²) in [5.74, 6) is -1.20. The standard InChI is InChI=1S/C9H7F2NO4/c1-14-8(13)4-2-6-7(3-5(4)12)16-9(10,11)15-6/h2-3H,12H2,1H3. The highest BCUT2D eigenvalue weighted by Gasteiger charge is 2.44. The van der Waals surface area contributed by atoms with E-state index >= 15 is 0 Å². The molecule has 0 aliphatic carbocycles. The second-order valence-electron chi connectivity index (χ2n) is 3.05. The van der Waals surface area contributed by atoms with Crippen LogP contribution >= 0.6 is 0 Å². The van der Waals surface area contributed by atoms with Gasteiger partial charge < -0.3 is 19.9 Å². The smallest absolute Gasteiger partial charge is 0.465 e. The van der Waals surface area contributed by atoms with Gasteiger partial charge in [0.25, 0.3) is 0 Å². The molecule has 1 aliphatic heterocycles. The number of halogens is 2. The van der Waals surface area contributed by atoms with Gasteiger partial charge in [-0.1, -0.05) is 0 Å². The summed E-state index contributed by atoms with van der Waals surface area (Å²) in [6, 6.07) is 2.14. The minimum absolute atomic E-state index is 0.0214. The summed E-state index contributed by atoms with van der Waals surface area (Å²) in [6.45, 7) is 0. The molecule has 16 heavy (non-hydrogen) atoms. The zero-order valence-corrected chi connectivity index (χ0v) is 8.12. The first-order valence-corrected chi connectivity index (χ1v) is 4.20. The van der Waals surface area contributed by atoms with E-state index in [0.717, 1.165) is 19.2 Å². The van der Waals surface area contributed by atoms with Crippen LogP contribution in [0.25, 0.3) is 0 Å². The van der Waals surface area contributed by atoms with Gasteiger partial charge in [-0.15, -0.1) is 8.78 Å². The molecule has 0 spiro atoms. The SMILES string of the molecule is COC(=O)c1cc2c(cc1N)OC(F)(F)O2. The van der Waals surface area contributed by atoms with Gasteiger partial charge in [-0.2, -0.15) is 0 Å². The van der Waals surface area contributed by atoms with Crippen LogP contribution in [0, 0.1) is 0 Å². The summed E-state index contributed by atoms with van der Waals surface area (Å²) in [7, 11) is 1.15. The maximum atomic E-state index is 12.7. The van der Waals surface area contributed by atoms with E-state index in [1.54, 1.807) is 0 Å². The topological polar surface area (TPSA) is 70.8 Å². The van der Waals surface area contributed by atoms with Gasteiger partial charge in [0.1, 0.15) is 0 Å². The van der Waals surface area contributed by atoms with E-state index in [4.69, 9.17) is 5.73 Å². The van der Waals surface area contributed by atoms with Gasteiger partial charge in [-0.3, -0.25) is 0 Å². The van der Waals surface area contributed by atoms with Crippen molar-refractivity contribution in [3.63, 3.8) is 0 Å². The third kappa shape index (κ3) is 1.60. The lowest BCUT2D eigenvalue weighted by Gasteiger charge is -2.04. The molecule has 2 N–H and O–H groups in total. The molecule has 0 aromatic heterocycles. The summed E-state index contributed by atoms with van der Waals surface area (Å²) in [4.78, 5) is 11.2. The maximum absolute atomic E-state index is 12.7. The van der Waals surface area contributed by atoms with Crippen molar-refractivity contribution in [1.29, 1.82) is 0 Å². The Morgan fingerprint density at radius 1 is 1.38 bits per heavy atom. The number of carbonyl (C=O) groups is 1. The van der Waals surface area contributed by atoms with Gasteiger partial charge in [0.05, 0.1) is 18.4 Å². The van der Waals surface area contributed by atoms with Crippen LogP contribution in [0.15, 0.2) is 12.1 Å². The molecule has 1 heterocycles. The molecule has 0 saturated carbocycles. The Kier molecular flexibility index (Phi) is 2.11. The number of hydrogen-bond donors (Lipinski definition) is 1. The Hall–Kier alpha value is -2.05. The number of hydrogen-bond acceptors (Lipinski definition) is 5. The first kappa shape index (κ1) is 10.5. The van der Waals surface area contributed by atoms with E-state index < -0.39 is 12.3 Å². The molecule has 1 aromatic carbocycles. The quantitative estimate of drug-likeness (QED) is 0.584. The van der Waals surface area contributed by atoms with E-state index in [1.807, 2.05) is 0 Å². The lowest BCUT2D eigenvalue weighted by molar-refractivity contribution is -0.286. The molecule has 2 rings (SSSR count). The van der Waals surface area contributed by atoms with E-state index in [2.05, 4.69) is 14.2 Å². The molecular formula is C9H7F2NO4. The van der Waals surface area contributed by atoms with Gasteiger partial charge in [0.2, 0.25) is 0 Å². The first-order chi connectivity index (χ1) is 7.43. The minimum atomic E-state index is -3.73. The highest BCUT2D eigenvalue weighted by molar-refractivity contribution is 5.96. The molecule has 5 nitrogen and oxygen atoms in total. The van der Waals surface area contributed by atoms with Crippen molar-refractivity contribution in [1.82, 2.24) is 0 Å². The second kappa shape index (κ2) is 3.22. The van der Waals surface area contributed by atoms with Crippen molar-refractivity contribution in [2.45, 2.75) is 6.29 Å². The molecule has 86 valence electrons. The van der Waals surface area contributed by atoms with Gasteiger partial charge in [-0.25, -0.2) is 4.79 Å². The summed E-state index contributed by atoms with van der Waals surface area (Å²) >= 11 is 0. The molecule has 0 fully saturated rings. The highest BCUT2D eigenvalue weighted by Crippen LogP contribution is 2.43. The van der Waals surface area contributed by atoms with Crippen molar-refractivity contribution >= 4 is 11.7 Å². The summed E-state index contributed by atoms with van der Waals surface area (Å²) in [6.07, 6.45) is -3.73. The number of alkyl halides is 2. The van der Waals surface area contributed by atoms with Crippen molar-refractivity contribution in [2.24, 2.45) is 0 Å². The third-order valence-electron chi connectivity index (χ3n) is 1.98. The fourth-order valence-electron chi connectivity index (χ4n) is 1.30. The largest absolute Gasteiger partial charge is 0.586 e. The predicted octanol–water partition coefficient (Wildman–Crippen LogP) is 1.38. The second-order valence-corrected chi connectivity index (χ2v) is 3.05. The van der Waals surface area contributed by atoms with Crippen molar-refractivity contribution in [2.75, 3.05) is 12.8 Å². The Morgan fingerprint density at radius 2 is 1.94 bits per heavy atom. The number of methoxy groups -OCH3 is 1. The van der Waals surface area contributed by atoms with Crippen LogP contribution in [-0.4, -0.2) is 19.4 Å². The lowest BCUT2D eigenvalue weighted by Crippen LogP contribution is -2.25.